The SMILES string of the molecule is CCS(=O)(=O)CCCC1(CNC2CC2)CCC1. The van der Waals surface area contributed by atoms with Crippen LogP contribution in [0, 0.1) is 5.41 Å². The van der Waals surface area contributed by atoms with Crippen molar-refractivity contribution in [3.63, 3.8) is 0 Å². The molecule has 4 heteroatoms. The fourth-order valence-corrected chi connectivity index (χ4v) is 3.52. The number of nitrogens with one attached hydrogen (secondary N) is 1. The largest absolute Gasteiger partial charge is 0.313 e. The van der Waals surface area contributed by atoms with E-state index >= 15 is 0 Å². The molecule has 3 nitrogen and oxygen atoms in total. The van der Waals surface area contributed by atoms with E-state index in [0.717, 1.165) is 25.4 Å². The van der Waals surface area contributed by atoms with Gasteiger partial charge >= 0.3 is 0 Å². The van der Waals surface area contributed by atoms with Gasteiger partial charge in [-0.2, -0.15) is 0 Å². The second-order valence-electron chi connectivity index (χ2n) is 5.85. The summed E-state index contributed by atoms with van der Waals surface area (Å²) in [5, 5.41) is 3.61. The Bertz CT molecular complexity index is 342. The molecule has 0 amide bonds. The molecule has 0 aliphatic heterocycles. The Balaban J connectivity index is 1.71. The van der Waals surface area contributed by atoms with Gasteiger partial charge in [0, 0.05) is 18.3 Å². The molecule has 2 rings (SSSR count). The minimum atomic E-state index is -2.77. The van der Waals surface area contributed by atoms with Crippen LogP contribution in [-0.2, 0) is 9.84 Å². The lowest BCUT2D eigenvalue weighted by Crippen LogP contribution is -2.41. The van der Waals surface area contributed by atoms with Crippen LogP contribution >= 0.6 is 0 Å². The number of hydrogen-bond acceptors (Lipinski definition) is 3. The maximum atomic E-state index is 11.5. The molecule has 0 unspecified atom stereocenters. The van der Waals surface area contributed by atoms with Crippen LogP contribution in [0.2, 0.25) is 0 Å². The fourth-order valence-electron chi connectivity index (χ4n) is 2.65. The van der Waals surface area contributed by atoms with E-state index in [4.69, 9.17) is 0 Å². The molecule has 2 fully saturated rings. The van der Waals surface area contributed by atoms with Crippen LogP contribution in [-0.4, -0.2) is 32.5 Å². The van der Waals surface area contributed by atoms with Gasteiger partial charge in [0.2, 0.25) is 0 Å². The summed E-state index contributed by atoms with van der Waals surface area (Å²) >= 11 is 0. The second-order valence-corrected chi connectivity index (χ2v) is 8.32. The topological polar surface area (TPSA) is 46.2 Å². The molecule has 0 atom stereocenters. The van der Waals surface area contributed by atoms with Crippen LogP contribution in [0.3, 0.4) is 0 Å². The highest BCUT2D eigenvalue weighted by atomic mass is 32.2. The predicted octanol–water partition coefficient (Wildman–Crippen LogP) is 2.12. The van der Waals surface area contributed by atoms with Crippen LogP contribution in [0.15, 0.2) is 0 Å². The summed E-state index contributed by atoms with van der Waals surface area (Å²) in [5.41, 5.74) is 0.436. The highest BCUT2D eigenvalue weighted by Gasteiger charge is 2.37. The third kappa shape index (κ3) is 3.95. The molecule has 100 valence electrons. The molecule has 0 spiro atoms. The van der Waals surface area contributed by atoms with Gasteiger partial charge in [-0.1, -0.05) is 13.3 Å². The average Bonchev–Trinajstić information content (AvgIpc) is 3.04. The zero-order valence-corrected chi connectivity index (χ0v) is 11.7. The molecule has 0 aromatic carbocycles. The first-order valence-corrected chi connectivity index (χ1v) is 8.81. The summed E-state index contributed by atoms with van der Waals surface area (Å²) < 4.78 is 22.9. The molecule has 2 aliphatic rings. The molecular formula is C13H25NO2S. The minimum absolute atomic E-state index is 0.292. The molecule has 0 aromatic heterocycles. The van der Waals surface area contributed by atoms with E-state index in [0.29, 0.717) is 16.9 Å². The molecule has 0 saturated heterocycles. The van der Waals surface area contributed by atoms with Gasteiger partial charge in [0.1, 0.15) is 9.84 Å². The lowest BCUT2D eigenvalue weighted by atomic mass is 9.66. The standard InChI is InChI=1S/C13H25NO2S/c1-2-17(15,16)10-4-9-13(7-3-8-13)11-14-12-5-6-12/h12,14H,2-11H2,1H3. The zero-order chi connectivity index (χ0) is 12.4. The third-order valence-corrected chi connectivity index (χ3v) is 6.15. The van der Waals surface area contributed by atoms with Crippen LogP contribution in [0.25, 0.3) is 0 Å². The molecule has 2 saturated carbocycles. The maximum absolute atomic E-state index is 11.5. The van der Waals surface area contributed by atoms with Crippen molar-refractivity contribution >= 4 is 9.84 Å². The molecule has 0 aromatic rings. The molecule has 0 bridgehead atoms. The molecule has 0 radical (unpaired) electrons. The van der Waals surface area contributed by atoms with E-state index in [1.807, 2.05) is 0 Å². The highest BCUT2D eigenvalue weighted by molar-refractivity contribution is 7.91. The van der Waals surface area contributed by atoms with E-state index in [1.54, 1.807) is 6.92 Å². The van der Waals surface area contributed by atoms with Crippen molar-refractivity contribution in [1.29, 1.82) is 0 Å². The van der Waals surface area contributed by atoms with Gasteiger partial charge < -0.3 is 5.32 Å². The smallest absolute Gasteiger partial charge is 0.150 e. The van der Waals surface area contributed by atoms with Crippen LogP contribution in [0.1, 0.15) is 51.9 Å². The molecule has 2 aliphatic carbocycles. The van der Waals surface area contributed by atoms with Gasteiger partial charge in [-0.05, 0) is 43.9 Å². The first-order chi connectivity index (χ1) is 8.05. The Morgan fingerprint density at radius 2 is 2.00 bits per heavy atom. The summed E-state index contributed by atoms with van der Waals surface area (Å²) in [5.74, 6) is 0.676. The van der Waals surface area contributed by atoms with Gasteiger partial charge in [-0.25, -0.2) is 8.42 Å². The Kier molecular flexibility index (Phi) is 4.14. The quantitative estimate of drug-likeness (QED) is 0.726. The predicted molar refractivity (Wildman–Crippen MR) is 70.9 cm³/mol. The highest BCUT2D eigenvalue weighted by Crippen LogP contribution is 2.44. The first-order valence-electron chi connectivity index (χ1n) is 6.99. The van der Waals surface area contributed by atoms with Crippen molar-refractivity contribution in [2.45, 2.75) is 57.9 Å². The van der Waals surface area contributed by atoms with E-state index in [1.165, 1.54) is 32.1 Å². The van der Waals surface area contributed by atoms with Crippen molar-refractivity contribution in [3.8, 4) is 0 Å². The molecular weight excluding hydrogens is 234 g/mol. The number of rotatable bonds is 8. The van der Waals surface area contributed by atoms with Gasteiger partial charge in [-0.3, -0.25) is 0 Å². The number of sulfone groups is 1. The van der Waals surface area contributed by atoms with Gasteiger partial charge in [-0.15, -0.1) is 0 Å². The van der Waals surface area contributed by atoms with Crippen LogP contribution in [0.4, 0.5) is 0 Å². The Labute approximate surface area is 105 Å². The maximum Gasteiger partial charge on any atom is 0.150 e. The average molecular weight is 259 g/mol. The van der Waals surface area contributed by atoms with Crippen molar-refractivity contribution in [3.05, 3.63) is 0 Å². The third-order valence-electron chi connectivity index (χ3n) is 4.36. The van der Waals surface area contributed by atoms with Crippen molar-refractivity contribution in [2.75, 3.05) is 18.1 Å². The van der Waals surface area contributed by atoms with E-state index in [9.17, 15) is 8.42 Å². The lowest BCUT2D eigenvalue weighted by molar-refractivity contribution is 0.115. The summed E-state index contributed by atoms with van der Waals surface area (Å²) in [4.78, 5) is 0. The fraction of sp³-hybridized carbons (Fsp3) is 1.00. The van der Waals surface area contributed by atoms with Gasteiger partial charge in [0.25, 0.3) is 0 Å². The minimum Gasteiger partial charge on any atom is -0.313 e. The normalized spacial score (nSPS) is 23.4. The Morgan fingerprint density at radius 1 is 1.29 bits per heavy atom. The van der Waals surface area contributed by atoms with Gasteiger partial charge in [0.15, 0.2) is 0 Å². The van der Waals surface area contributed by atoms with Crippen molar-refractivity contribution in [1.82, 2.24) is 5.32 Å². The van der Waals surface area contributed by atoms with Crippen LogP contribution in [0.5, 0.6) is 0 Å². The monoisotopic (exact) mass is 259 g/mol. The summed E-state index contributed by atoms with van der Waals surface area (Å²) in [7, 11) is -2.77. The first kappa shape index (κ1) is 13.3. The summed E-state index contributed by atoms with van der Waals surface area (Å²) in [6.07, 6.45) is 8.51. The second kappa shape index (κ2) is 5.27. The Hall–Kier alpha value is -0.0900. The Morgan fingerprint density at radius 3 is 2.47 bits per heavy atom. The molecule has 17 heavy (non-hydrogen) atoms. The summed E-state index contributed by atoms with van der Waals surface area (Å²) in [6.45, 7) is 2.85. The van der Waals surface area contributed by atoms with E-state index in [2.05, 4.69) is 5.32 Å². The van der Waals surface area contributed by atoms with Crippen molar-refractivity contribution in [2.24, 2.45) is 5.41 Å². The molecule has 1 N–H and O–H groups in total. The van der Waals surface area contributed by atoms with Crippen LogP contribution < -0.4 is 5.32 Å². The van der Waals surface area contributed by atoms with E-state index < -0.39 is 9.84 Å². The summed E-state index contributed by atoms with van der Waals surface area (Å²) in [6, 6.07) is 0.770. The van der Waals surface area contributed by atoms with E-state index in [-0.39, 0.29) is 0 Å². The number of hydrogen-bond donors (Lipinski definition) is 1. The zero-order valence-electron chi connectivity index (χ0n) is 10.9. The van der Waals surface area contributed by atoms with Crippen molar-refractivity contribution < 1.29 is 8.42 Å². The molecule has 0 heterocycles. The lowest BCUT2D eigenvalue weighted by Gasteiger charge is -2.42. The van der Waals surface area contributed by atoms with Gasteiger partial charge in [0.05, 0.1) is 5.75 Å².